The third-order valence-corrected chi connectivity index (χ3v) is 3.34. The number of nitrogens with one attached hydrogen (secondary N) is 2. The van der Waals surface area contributed by atoms with Crippen LogP contribution in [-0.2, 0) is 25.7 Å². The van der Waals surface area contributed by atoms with Crippen LogP contribution in [0, 0.1) is 0 Å². The van der Waals surface area contributed by atoms with E-state index in [4.69, 9.17) is 9.47 Å². The zero-order valence-electron chi connectivity index (χ0n) is 16.2. The molecule has 0 aliphatic rings. The van der Waals surface area contributed by atoms with Gasteiger partial charge >= 0.3 is 12.1 Å². The summed E-state index contributed by atoms with van der Waals surface area (Å²) in [7, 11) is 0. The lowest BCUT2D eigenvalue weighted by Gasteiger charge is -2.23. The van der Waals surface area contributed by atoms with Gasteiger partial charge < -0.3 is 25.2 Å². The number of alkyl carbamates (subject to hydrolysis) is 1. The summed E-state index contributed by atoms with van der Waals surface area (Å²) in [5, 5.41) is 14.3. The number of carbonyl (C=O) groups is 3. The number of hydrogen-bond donors (Lipinski definition) is 3. The third-order valence-electron chi connectivity index (χ3n) is 3.34. The summed E-state index contributed by atoms with van der Waals surface area (Å²) in [6.07, 6.45) is -0.917. The second-order valence-corrected chi connectivity index (χ2v) is 7.11. The van der Waals surface area contributed by atoms with E-state index >= 15 is 0 Å². The summed E-state index contributed by atoms with van der Waals surface area (Å²) in [4.78, 5) is 35.7. The summed E-state index contributed by atoms with van der Waals surface area (Å²) in [5.74, 6) is -1.08. The van der Waals surface area contributed by atoms with Crippen LogP contribution >= 0.6 is 0 Å². The van der Waals surface area contributed by atoms with E-state index in [9.17, 15) is 19.5 Å². The Morgan fingerprint density at radius 1 is 1.11 bits per heavy atom. The van der Waals surface area contributed by atoms with Crippen LogP contribution in [0.4, 0.5) is 4.79 Å². The Morgan fingerprint density at radius 2 is 1.74 bits per heavy atom. The van der Waals surface area contributed by atoms with Crippen molar-refractivity contribution in [2.45, 2.75) is 58.4 Å². The molecule has 0 bridgehead atoms. The smallest absolute Gasteiger partial charge is 0.408 e. The predicted molar refractivity (Wildman–Crippen MR) is 98.7 cm³/mol. The number of benzene rings is 1. The predicted octanol–water partition coefficient (Wildman–Crippen LogP) is 1.51. The van der Waals surface area contributed by atoms with Crippen molar-refractivity contribution in [3.8, 4) is 0 Å². The highest BCUT2D eigenvalue weighted by atomic mass is 16.6. The normalized spacial score (nSPS) is 13.2. The summed E-state index contributed by atoms with van der Waals surface area (Å²) in [5.41, 5.74) is 0.167. The molecule has 0 saturated carbocycles. The summed E-state index contributed by atoms with van der Waals surface area (Å²) in [6.45, 7) is 6.30. The van der Waals surface area contributed by atoms with Crippen molar-refractivity contribution in [3.63, 3.8) is 0 Å². The summed E-state index contributed by atoms with van der Waals surface area (Å²) < 4.78 is 10.2. The second-order valence-electron chi connectivity index (χ2n) is 7.11. The molecule has 150 valence electrons. The molecule has 2 amide bonds. The minimum atomic E-state index is -0.902. The lowest BCUT2D eigenvalue weighted by Crippen LogP contribution is -2.49. The van der Waals surface area contributed by atoms with Crippen molar-refractivity contribution < 1.29 is 29.0 Å². The molecule has 0 aliphatic carbocycles. The number of aliphatic hydroxyl groups is 1. The zero-order chi connectivity index (χ0) is 20.4. The van der Waals surface area contributed by atoms with E-state index < -0.39 is 42.3 Å². The van der Waals surface area contributed by atoms with Gasteiger partial charge in [-0.3, -0.25) is 9.59 Å². The van der Waals surface area contributed by atoms with Crippen LogP contribution in [0.15, 0.2) is 30.3 Å². The number of esters is 1. The van der Waals surface area contributed by atoms with Crippen molar-refractivity contribution in [1.82, 2.24) is 10.6 Å². The lowest BCUT2D eigenvalue weighted by atomic mass is 10.1. The molecule has 8 heteroatoms. The molecular weight excluding hydrogens is 352 g/mol. The van der Waals surface area contributed by atoms with Crippen molar-refractivity contribution >= 4 is 18.0 Å². The van der Waals surface area contributed by atoms with E-state index in [2.05, 4.69) is 10.6 Å². The Hall–Kier alpha value is -2.61. The first kappa shape index (κ1) is 22.4. The van der Waals surface area contributed by atoms with Gasteiger partial charge in [-0.05, 0) is 33.3 Å². The van der Waals surface area contributed by atoms with Gasteiger partial charge in [0.2, 0.25) is 5.91 Å². The first-order valence-electron chi connectivity index (χ1n) is 8.71. The van der Waals surface area contributed by atoms with E-state index in [1.165, 1.54) is 6.92 Å². The molecular formula is C19H28N2O6. The molecule has 8 nitrogen and oxygen atoms in total. The minimum Gasteiger partial charge on any atom is -0.460 e. The molecule has 0 aromatic heterocycles. The number of carbonyl (C=O) groups excluding carboxylic acids is 3. The standard InChI is InChI=1S/C19H28N2O6/c1-13(20-18(25)26-12-14-8-6-5-7-9-14)17(24)21-15(11-22)10-16(23)27-19(2,3)4/h5-9,13,15,22H,10-12H2,1-4H3,(H,20,25)(H,21,24)/t13-,15-/m0/s1. The topological polar surface area (TPSA) is 114 Å². The van der Waals surface area contributed by atoms with E-state index in [1.807, 2.05) is 30.3 Å². The quantitative estimate of drug-likeness (QED) is 0.589. The fraction of sp³-hybridized carbons (Fsp3) is 0.526. The van der Waals surface area contributed by atoms with Crippen LogP contribution in [0.2, 0.25) is 0 Å². The second kappa shape index (κ2) is 10.5. The molecule has 0 spiro atoms. The van der Waals surface area contributed by atoms with Crippen LogP contribution in [0.3, 0.4) is 0 Å². The Kier molecular flexibility index (Phi) is 8.74. The van der Waals surface area contributed by atoms with E-state index in [1.54, 1.807) is 20.8 Å². The van der Waals surface area contributed by atoms with E-state index in [-0.39, 0.29) is 13.0 Å². The fourth-order valence-corrected chi connectivity index (χ4v) is 2.08. The SMILES string of the molecule is C[C@H](NC(=O)OCc1ccccc1)C(=O)N[C@H](CO)CC(=O)OC(C)(C)C. The van der Waals surface area contributed by atoms with Gasteiger partial charge in [-0.15, -0.1) is 0 Å². The molecule has 0 fully saturated rings. The Morgan fingerprint density at radius 3 is 2.30 bits per heavy atom. The maximum Gasteiger partial charge on any atom is 0.408 e. The highest BCUT2D eigenvalue weighted by Gasteiger charge is 2.24. The molecule has 3 N–H and O–H groups in total. The molecule has 0 unspecified atom stereocenters. The van der Waals surface area contributed by atoms with Gasteiger partial charge in [-0.25, -0.2) is 4.79 Å². The molecule has 0 radical (unpaired) electrons. The van der Waals surface area contributed by atoms with Gasteiger partial charge in [0.25, 0.3) is 0 Å². The number of rotatable bonds is 8. The van der Waals surface area contributed by atoms with E-state index in [0.717, 1.165) is 5.56 Å². The van der Waals surface area contributed by atoms with Crippen molar-refractivity contribution in [2.75, 3.05) is 6.61 Å². The van der Waals surface area contributed by atoms with Gasteiger partial charge in [-0.2, -0.15) is 0 Å². The molecule has 2 atom stereocenters. The summed E-state index contributed by atoms with van der Waals surface area (Å²) in [6, 6.07) is 7.42. The van der Waals surface area contributed by atoms with Crippen LogP contribution in [0.5, 0.6) is 0 Å². The van der Waals surface area contributed by atoms with Crippen LogP contribution in [-0.4, -0.2) is 47.4 Å². The fourth-order valence-electron chi connectivity index (χ4n) is 2.08. The molecule has 1 rings (SSSR count). The van der Waals surface area contributed by atoms with Crippen LogP contribution in [0.1, 0.15) is 39.7 Å². The Labute approximate surface area is 159 Å². The third kappa shape index (κ3) is 9.60. The van der Waals surface area contributed by atoms with Gasteiger partial charge in [0.05, 0.1) is 19.1 Å². The number of amides is 2. The molecule has 27 heavy (non-hydrogen) atoms. The maximum atomic E-state index is 12.1. The first-order chi connectivity index (χ1) is 12.6. The lowest BCUT2D eigenvalue weighted by molar-refractivity contribution is -0.155. The molecule has 0 aliphatic heterocycles. The van der Waals surface area contributed by atoms with Gasteiger partial charge in [0.15, 0.2) is 0 Å². The maximum absolute atomic E-state index is 12.1. The number of ether oxygens (including phenoxy) is 2. The van der Waals surface area contributed by atoms with Gasteiger partial charge in [0.1, 0.15) is 18.2 Å². The molecule has 0 heterocycles. The van der Waals surface area contributed by atoms with Crippen LogP contribution < -0.4 is 10.6 Å². The number of aliphatic hydroxyl groups excluding tert-OH is 1. The van der Waals surface area contributed by atoms with Crippen molar-refractivity contribution in [1.29, 1.82) is 0 Å². The summed E-state index contributed by atoms with van der Waals surface area (Å²) >= 11 is 0. The molecule has 1 aromatic rings. The van der Waals surface area contributed by atoms with E-state index in [0.29, 0.717) is 0 Å². The Bertz CT molecular complexity index is 627. The highest BCUT2D eigenvalue weighted by Crippen LogP contribution is 2.09. The monoisotopic (exact) mass is 380 g/mol. The molecule has 1 aromatic carbocycles. The largest absolute Gasteiger partial charge is 0.460 e. The number of hydrogen-bond acceptors (Lipinski definition) is 6. The molecule has 0 saturated heterocycles. The van der Waals surface area contributed by atoms with Crippen molar-refractivity contribution in [3.05, 3.63) is 35.9 Å². The average molecular weight is 380 g/mol. The zero-order valence-corrected chi connectivity index (χ0v) is 16.2. The first-order valence-corrected chi connectivity index (χ1v) is 8.71. The van der Waals surface area contributed by atoms with Crippen LogP contribution in [0.25, 0.3) is 0 Å². The van der Waals surface area contributed by atoms with Crippen molar-refractivity contribution in [2.24, 2.45) is 0 Å². The average Bonchev–Trinajstić information content (AvgIpc) is 2.58. The highest BCUT2D eigenvalue weighted by molar-refractivity contribution is 5.85. The Balaban J connectivity index is 2.42. The van der Waals surface area contributed by atoms with Gasteiger partial charge in [0, 0.05) is 0 Å². The minimum absolute atomic E-state index is 0.0823. The van der Waals surface area contributed by atoms with Gasteiger partial charge in [-0.1, -0.05) is 30.3 Å².